The van der Waals surface area contributed by atoms with Crippen LogP contribution in [0.1, 0.15) is 32.0 Å². The number of rotatable bonds is 6. The second-order valence-corrected chi connectivity index (χ2v) is 13.2. The third-order valence-electron chi connectivity index (χ3n) is 5.42. The lowest BCUT2D eigenvalue weighted by Gasteiger charge is -2.43. The summed E-state index contributed by atoms with van der Waals surface area (Å²) in [4.78, 5) is 9.12. The van der Waals surface area contributed by atoms with Crippen molar-refractivity contribution in [3.05, 3.63) is 72.1 Å². The zero-order chi connectivity index (χ0) is 21.1. The number of nitrogens with two attached hydrogens (primary N) is 1. The fourth-order valence-electron chi connectivity index (χ4n) is 2.61. The molecule has 29 heavy (non-hydrogen) atoms. The molecule has 0 atom stereocenters. The lowest BCUT2D eigenvalue weighted by molar-refractivity contribution is 0.387. The van der Waals surface area contributed by atoms with E-state index in [1.54, 1.807) is 6.20 Å². The fraction of sp³-hybridized carbons (Fsp3) is 0.333. The number of benzene rings is 2. The number of nitrogen functional groups attached to an aromatic ring is 1. The second kappa shape index (κ2) is 8.46. The summed E-state index contributed by atoms with van der Waals surface area (Å²) in [6.07, 6.45) is 7.03. The number of anilines is 1. The van der Waals surface area contributed by atoms with E-state index in [1.165, 1.54) is 5.56 Å². The highest BCUT2D eigenvalue weighted by Crippen LogP contribution is 2.52. The first-order valence-electron chi connectivity index (χ1n) is 9.75. The molecule has 0 aliphatic rings. The van der Waals surface area contributed by atoms with Crippen molar-refractivity contribution in [1.82, 2.24) is 9.97 Å². The number of ether oxygens (including phenoxy) is 1. The fourth-order valence-corrected chi connectivity index (χ4v) is 3.39. The normalized spacial score (nSPS) is 12.6. The van der Waals surface area contributed by atoms with Gasteiger partial charge in [0.1, 0.15) is 17.5 Å². The number of hydrogen-bond donors (Lipinski definition) is 1. The molecule has 0 saturated heterocycles. The van der Waals surface area contributed by atoms with Gasteiger partial charge < -0.3 is 10.5 Å². The van der Waals surface area contributed by atoms with Crippen LogP contribution in [0.5, 0.6) is 5.75 Å². The van der Waals surface area contributed by atoms with E-state index in [-0.39, 0.29) is 4.75 Å². The van der Waals surface area contributed by atoms with Gasteiger partial charge in [-0.3, -0.25) is 0 Å². The highest BCUT2D eigenvalue weighted by atomic mass is 32.3. The predicted octanol–water partition coefficient (Wildman–Crippen LogP) is 5.52. The summed E-state index contributed by atoms with van der Waals surface area (Å²) < 4.78 is 6.34. The second-order valence-electron chi connectivity index (χ2n) is 8.69. The van der Waals surface area contributed by atoms with Crippen molar-refractivity contribution in [2.75, 3.05) is 24.2 Å². The summed E-state index contributed by atoms with van der Waals surface area (Å²) in [5.74, 6) is 2.11. The SMILES string of the molecule is CC(C)(C)S(C)(C)COc1ccc(-c2cnc(N)c(Cc3ccccc3)n2)cc1. The molecule has 0 unspecified atom stereocenters. The van der Waals surface area contributed by atoms with Crippen molar-refractivity contribution in [1.29, 1.82) is 0 Å². The quantitative estimate of drug-likeness (QED) is 0.583. The molecule has 0 bridgehead atoms. The van der Waals surface area contributed by atoms with Crippen LogP contribution in [-0.2, 0) is 6.42 Å². The molecule has 0 aliphatic heterocycles. The van der Waals surface area contributed by atoms with E-state index in [0.717, 1.165) is 28.6 Å². The van der Waals surface area contributed by atoms with Gasteiger partial charge in [-0.25, -0.2) is 20.0 Å². The Bertz CT molecular complexity index is 948. The van der Waals surface area contributed by atoms with Gasteiger partial charge in [0.25, 0.3) is 0 Å². The van der Waals surface area contributed by atoms with E-state index >= 15 is 0 Å². The van der Waals surface area contributed by atoms with Gasteiger partial charge in [-0.05, 0) is 47.1 Å². The molecule has 2 N–H and O–H groups in total. The molecule has 2 aromatic carbocycles. The molecule has 0 fully saturated rings. The standard InChI is InChI=1S/C24H31N3OS/c1-24(2,3)29(4,5)17-28-20-13-11-19(12-14-20)22-16-26-23(25)21(27-22)15-18-9-7-6-8-10-18/h6-14,16H,15,17H2,1-5H3,(H2,25,26). The summed E-state index contributed by atoms with van der Waals surface area (Å²) in [5, 5.41) is 0. The third kappa shape index (κ3) is 5.30. The molecular weight excluding hydrogens is 378 g/mol. The van der Waals surface area contributed by atoms with Crippen molar-refractivity contribution < 1.29 is 4.74 Å². The summed E-state index contributed by atoms with van der Waals surface area (Å²) in [6, 6.07) is 18.2. The molecule has 1 heterocycles. The average molecular weight is 410 g/mol. The van der Waals surface area contributed by atoms with Gasteiger partial charge in [0.05, 0.1) is 17.6 Å². The Morgan fingerprint density at radius 3 is 2.24 bits per heavy atom. The molecule has 0 spiro atoms. The van der Waals surface area contributed by atoms with Gasteiger partial charge in [-0.1, -0.05) is 51.1 Å². The van der Waals surface area contributed by atoms with Crippen molar-refractivity contribution in [2.24, 2.45) is 0 Å². The van der Waals surface area contributed by atoms with Crippen LogP contribution in [0.15, 0.2) is 60.8 Å². The number of hydrogen-bond acceptors (Lipinski definition) is 4. The van der Waals surface area contributed by atoms with E-state index in [0.29, 0.717) is 12.2 Å². The molecular formula is C24H31N3OS. The minimum Gasteiger partial charge on any atom is -0.484 e. The molecule has 0 radical (unpaired) electrons. The summed E-state index contributed by atoms with van der Waals surface area (Å²) in [6.45, 7) is 6.84. The lowest BCUT2D eigenvalue weighted by Crippen LogP contribution is -2.27. The first-order valence-corrected chi connectivity index (χ1v) is 12.4. The van der Waals surface area contributed by atoms with E-state index in [4.69, 9.17) is 15.5 Å². The van der Waals surface area contributed by atoms with E-state index in [1.807, 2.05) is 42.5 Å². The minimum absolute atomic E-state index is 0.252. The molecule has 154 valence electrons. The Hall–Kier alpha value is -2.53. The van der Waals surface area contributed by atoms with Crippen LogP contribution in [0.2, 0.25) is 0 Å². The van der Waals surface area contributed by atoms with Crippen molar-refractivity contribution in [3.8, 4) is 17.0 Å². The highest BCUT2D eigenvalue weighted by Gasteiger charge is 2.28. The maximum absolute atomic E-state index is 6.09. The topological polar surface area (TPSA) is 61.0 Å². The Morgan fingerprint density at radius 1 is 0.966 bits per heavy atom. The van der Waals surface area contributed by atoms with Crippen LogP contribution in [0, 0.1) is 0 Å². The molecule has 0 saturated carbocycles. The van der Waals surface area contributed by atoms with Gasteiger partial charge in [0.2, 0.25) is 0 Å². The molecule has 4 nitrogen and oxygen atoms in total. The van der Waals surface area contributed by atoms with Gasteiger partial charge in [-0.2, -0.15) is 0 Å². The molecule has 0 amide bonds. The Morgan fingerprint density at radius 2 is 1.62 bits per heavy atom. The van der Waals surface area contributed by atoms with Crippen molar-refractivity contribution in [3.63, 3.8) is 0 Å². The maximum Gasteiger partial charge on any atom is 0.145 e. The number of nitrogens with zero attached hydrogens (tertiary/aromatic N) is 2. The summed E-state index contributed by atoms with van der Waals surface area (Å²) >= 11 is 0. The molecule has 0 aliphatic carbocycles. The Balaban J connectivity index is 1.74. The van der Waals surface area contributed by atoms with Crippen LogP contribution in [0.25, 0.3) is 11.3 Å². The van der Waals surface area contributed by atoms with Gasteiger partial charge in [0.15, 0.2) is 0 Å². The smallest absolute Gasteiger partial charge is 0.145 e. The first kappa shape index (κ1) is 21.2. The first-order chi connectivity index (χ1) is 13.7. The average Bonchev–Trinajstić information content (AvgIpc) is 2.68. The van der Waals surface area contributed by atoms with E-state index in [2.05, 4.69) is 50.4 Å². The number of aromatic nitrogens is 2. The van der Waals surface area contributed by atoms with Crippen LogP contribution in [0.4, 0.5) is 5.82 Å². The summed E-state index contributed by atoms with van der Waals surface area (Å²) in [7, 11) is -0.857. The zero-order valence-corrected chi connectivity index (χ0v) is 18.8. The van der Waals surface area contributed by atoms with Crippen LogP contribution in [0.3, 0.4) is 0 Å². The van der Waals surface area contributed by atoms with Crippen LogP contribution in [-0.4, -0.2) is 33.2 Å². The summed E-state index contributed by atoms with van der Waals surface area (Å²) in [5.41, 5.74) is 9.84. The molecule has 3 aromatic rings. The maximum atomic E-state index is 6.09. The van der Waals surface area contributed by atoms with Crippen LogP contribution < -0.4 is 10.5 Å². The van der Waals surface area contributed by atoms with Crippen LogP contribution >= 0.6 is 10.0 Å². The Labute approximate surface area is 175 Å². The highest BCUT2D eigenvalue weighted by molar-refractivity contribution is 8.33. The Kier molecular flexibility index (Phi) is 6.18. The van der Waals surface area contributed by atoms with Gasteiger partial charge >= 0.3 is 0 Å². The van der Waals surface area contributed by atoms with Gasteiger partial charge in [0, 0.05) is 12.0 Å². The van der Waals surface area contributed by atoms with Gasteiger partial charge in [-0.15, -0.1) is 0 Å². The van der Waals surface area contributed by atoms with E-state index in [9.17, 15) is 0 Å². The molecule has 1 aromatic heterocycles. The van der Waals surface area contributed by atoms with Crippen molar-refractivity contribution >= 4 is 15.8 Å². The lowest BCUT2D eigenvalue weighted by atomic mass is 10.1. The van der Waals surface area contributed by atoms with E-state index < -0.39 is 10.0 Å². The largest absolute Gasteiger partial charge is 0.484 e. The minimum atomic E-state index is -0.857. The monoisotopic (exact) mass is 409 g/mol. The zero-order valence-electron chi connectivity index (χ0n) is 18.0. The van der Waals surface area contributed by atoms with Crippen molar-refractivity contribution in [2.45, 2.75) is 31.9 Å². The predicted molar refractivity (Wildman–Crippen MR) is 126 cm³/mol. The third-order valence-corrected chi connectivity index (χ3v) is 9.44. The molecule has 3 rings (SSSR count). The molecule has 5 heteroatoms.